The number of methoxy groups -OCH3 is 4. The van der Waals surface area contributed by atoms with Crippen LogP contribution in [-0.4, -0.2) is 34.3 Å². The molecule has 0 atom stereocenters. The van der Waals surface area contributed by atoms with Crippen LogP contribution in [0.5, 0.6) is 23.0 Å². The number of benzene rings is 2. The third kappa shape index (κ3) is 4.79. The van der Waals surface area contributed by atoms with Gasteiger partial charge in [-0.2, -0.15) is 0 Å². The molecule has 2 aromatic carbocycles. The van der Waals surface area contributed by atoms with E-state index in [4.69, 9.17) is 18.9 Å². The SMILES string of the molecule is COc1ccc(OC)c(CCC(=O)Nc2ccc(OC)c(OC)c2)c1. The molecule has 0 fully saturated rings. The number of carbonyl (C=O) groups is 1. The standard InChI is InChI=1S/C19H23NO5/c1-22-15-7-9-16(23-2)13(11-15)5-10-19(21)20-14-6-8-17(24-3)18(12-14)25-4/h6-9,11-12H,5,10H2,1-4H3,(H,20,21). The van der Waals surface area contributed by atoms with Crippen molar-refractivity contribution in [3.05, 3.63) is 42.0 Å². The van der Waals surface area contributed by atoms with Gasteiger partial charge in [-0.25, -0.2) is 0 Å². The number of nitrogens with one attached hydrogen (secondary N) is 1. The zero-order valence-corrected chi connectivity index (χ0v) is 14.9. The van der Waals surface area contributed by atoms with E-state index in [-0.39, 0.29) is 5.91 Å². The van der Waals surface area contributed by atoms with Gasteiger partial charge in [0, 0.05) is 18.2 Å². The van der Waals surface area contributed by atoms with Gasteiger partial charge >= 0.3 is 0 Å². The smallest absolute Gasteiger partial charge is 0.224 e. The average Bonchev–Trinajstić information content (AvgIpc) is 2.65. The van der Waals surface area contributed by atoms with E-state index < -0.39 is 0 Å². The first-order valence-electron chi connectivity index (χ1n) is 7.84. The van der Waals surface area contributed by atoms with Crippen LogP contribution in [0.1, 0.15) is 12.0 Å². The lowest BCUT2D eigenvalue weighted by molar-refractivity contribution is -0.116. The van der Waals surface area contributed by atoms with Crippen molar-refractivity contribution in [1.29, 1.82) is 0 Å². The highest BCUT2D eigenvalue weighted by Gasteiger charge is 2.10. The molecule has 2 rings (SSSR count). The Morgan fingerprint density at radius 3 is 2.16 bits per heavy atom. The van der Waals surface area contributed by atoms with Gasteiger partial charge < -0.3 is 24.3 Å². The molecule has 0 radical (unpaired) electrons. The Hall–Kier alpha value is -2.89. The number of carbonyl (C=O) groups excluding carboxylic acids is 1. The molecule has 0 aromatic heterocycles. The normalized spacial score (nSPS) is 10.1. The van der Waals surface area contributed by atoms with Crippen LogP contribution in [0.2, 0.25) is 0 Å². The molecule has 6 heteroatoms. The van der Waals surface area contributed by atoms with Gasteiger partial charge in [-0.1, -0.05) is 0 Å². The van der Waals surface area contributed by atoms with E-state index in [1.165, 1.54) is 0 Å². The summed E-state index contributed by atoms with van der Waals surface area (Å²) in [5.74, 6) is 2.55. The van der Waals surface area contributed by atoms with Crippen molar-refractivity contribution in [3.8, 4) is 23.0 Å². The molecule has 1 N–H and O–H groups in total. The number of anilines is 1. The fraction of sp³-hybridized carbons (Fsp3) is 0.316. The van der Waals surface area contributed by atoms with E-state index in [2.05, 4.69) is 5.32 Å². The van der Waals surface area contributed by atoms with Gasteiger partial charge in [0.1, 0.15) is 11.5 Å². The first-order chi connectivity index (χ1) is 12.1. The quantitative estimate of drug-likeness (QED) is 0.795. The molecule has 0 aliphatic carbocycles. The Balaban J connectivity index is 2.01. The molecular weight excluding hydrogens is 322 g/mol. The molecule has 0 spiro atoms. The maximum absolute atomic E-state index is 12.2. The molecule has 134 valence electrons. The van der Waals surface area contributed by atoms with Gasteiger partial charge in [-0.05, 0) is 42.3 Å². The zero-order chi connectivity index (χ0) is 18.2. The van der Waals surface area contributed by atoms with Gasteiger partial charge in [0.2, 0.25) is 5.91 Å². The lowest BCUT2D eigenvalue weighted by Gasteiger charge is -2.12. The lowest BCUT2D eigenvalue weighted by atomic mass is 10.1. The minimum absolute atomic E-state index is 0.0999. The van der Waals surface area contributed by atoms with Crippen molar-refractivity contribution < 1.29 is 23.7 Å². The second kappa shape index (κ2) is 8.82. The molecule has 2 aromatic rings. The van der Waals surface area contributed by atoms with E-state index in [1.807, 2.05) is 18.2 Å². The Kier molecular flexibility index (Phi) is 6.51. The van der Waals surface area contributed by atoms with E-state index in [9.17, 15) is 4.79 Å². The minimum Gasteiger partial charge on any atom is -0.497 e. The maximum Gasteiger partial charge on any atom is 0.224 e. The van der Waals surface area contributed by atoms with Crippen molar-refractivity contribution in [2.45, 2.75) is 12.8 Å². The van der Waals surface area contributed by atoms with Crippen molar-refractivity contribution in [2.24, 2.45) is 0 Å². The van der Waals surface area contributed by atoms with Crippen LogP contribution in [0.3, 0.4) is 0 Å². The topological polar surface area (TPSA) is 66.0 Å². The van der Waals surface area contributed by atoms with Crippen LogP contribution in [-0.2, 0) is 11.2 Å². The summed E-state index contributed by atoms with van der Waals surface area (Å²) < 4.78 is 21.0. The van der Waals surface area contributed by atoms with Crippen LogP contribution in [0.15, 0.2) is 36.4 Å². The summed E-state index contributed by atoms with van der Waals surface area (Å²) in [6.07, 6.45) is 0.859. The molecule has 0 heterocycles. The summed E-state index contributed by atoms with van der Waals surface area (Å²) in [5, 5.41) is 2.86. The number of ether oxygens (including phenoxy) is 4. The minimum atomic E-state index is -0.0999. The van der Waals surface area contributed by atoms with Crippen molar-refractivity contribution >= 4 is 11.6 Å². The number of aryl methyl sites for hydroxylation is 1. The highest BCUT2D eigenvalue weighted by molar-refractivity contribution is 5.91. The molecule has 0 saturated heterocycles. The van der Waals surface area contributed by atoms with Crippen molar-refractivity contribution in [3.63, 3.8) is 0 Å². The number of amides is 1. The Morgan fingerprint density at radius 1 is 0.840 bits per heavy atom. The third-order valence-electron chi connectivity index (χ3n) is 3.78. The molecule has 0 saturated carbocycles. The molecule has 0 aliphatic heterocycles. The van der Waals surface area contributed by atoms with Crippen LogP contribution in [0.4, 0.5) is 5.69 Å². The van der Waals surface area contributed by atoms with E-state index in [1.54, 1.807) is 46.6 Å². The summed E-state index contributed by atoms with van der Waals surface area (Å²) in [6, 6.07) is 10.8. The lowest BCUT2D eigenvalue weighted by Crippen LogP contribution is -2.12. The average molecular weight is 345 g/mol. The molecule has 6 nitrogen and oxygen atoms in total. The van der Waals surface area contributed by atoms with Gasteiger partial charge in [-0.15, -0.1) is 0 Å². The summed E-state index contributed by atoms with van der Waals surface area (Å²) in [5.41, 5.74) is 1.57. The van der Waals surface area contributed by atoms with Gasteiger partial charge in [-0.3, -0.25) is 4.79 Å². The third-order valence-corrected chi connectivity index (χ3v) is 3.78. The van der Waals surface area contributed by atoms with Crippen LogP contribution in [0.25, 0.3) is 0 Å². The van der Waals surface area contributed by atoms with Crippen molar-refractivity contribution in [1.82, 2.24) is 0 Å². The number of hydrogen-bond donors (Lipinski definition) is 1. The summed E-state index contributed by atoms with van der Waals surface area (Å²) in [7, 11) is 6.33. The monoisotopic (exact) mass is 345 g/mol. The largest absolute Gasteiger partial charge is 0.497 e. The molecule has 0 aliphatic rings. The molecule has 25 heavy (non-hydrogen) atoms. The summed E-state index contributed by atoms with van der Waals surface area (Å²) in [4.78, 5) is 12.2. The fourth-order valence-corrected chi connectivity index (χ4v) is 2.46. The Labute approximate surface area is 147 Å². The van der Waals surface area contributed by atoms with Gasteiger partial charge in [0.25, 0.3) is 0 Å². The van der Waals surface area contributed by atoms with Gasteiger partial charge in [0.05, 0.1) is 28.4 Å². The fourth-order valence-electron chi connectivity index (χ4n) is 2.46. The molecule has 0 bridgehead atoms. The second-order valence-corrected chi connectivity index (χ2v) is 5.30. The van der Waals surface area contributed by atoms with Gasteiger partial charge in [0.15, 0.2) is 11.5 Å². The highest BCUT2D eigenvalue weighted by Crippen LogP contribution is 2.30. The van der Waals surface area contributed by atoms with E-state index >= 15 is 0 Å². The number of rotatable bonds is 8. The predicted molar refractivity (Wildman–Crippen MR) is 96.0 cm³/mol. The molecule has 1 amide bonds. The van der Waals surface area contributed by atoms with Crippen LogP contribution >= 0.6 is 0 Å². The molecule has 0 unspecified atom stereocenters. The molecular formula is C19H23NO5. The number of hydrogen-bond acceptors (Lipinski definition) is 5. The summed E-state index contributed by atoms with van der Waals surface area (Å²) >= 11 is 0. The van der Waals surface area contributed by atoms with Crippen molar-refractivity contribution in [2.75, 3.05) is 33.8 Å². The highest BCUT2D eigenvalue weighted by atomic mass is 16.5. The first kappa shape index (κ1) is 18.4. The van der Waals surface area contributed by atoms with E-state index in [0.29, 0.717) is 30.0 Å². The first-order valence-corrected chi connectivity index (χ1v) is 7.84. The zero-order valence-electron chi connectivity index (χ0n) is 14.9. The summed E-state index contributed by atoms with van der Waals surface area (Å²) in [6.45, 7) is 0. The van der Waals surface area contributed by atoms with Crippen LogP contribution < -0.4 is 24.3 Å². The van der Waals surface area contributed by atoms with E-state index in [0.717, 1.165) is 17.1 Å². The van der Waals surface area contributed by atoms with Crippen LogP contribution in [0, 0.1) is 0 Å². The maximum atomic E-state index is 12.2. The Bertz CT molecular complexity index is 730. The predicted octanol–water partition coefficient (Wildman–Crippen LogP) is 3.29. The Morgan fingerprint density at radius 2 is 1.52 bits per heavy atom. The second-order valence-electron chi connectivity index (χ2n) is 5.30.